The maximum absolute atomic E-state index is 10.8. The number of hydrogen-bond acceptors (Lipinski definition) is 6. The first-order chi connectivity index (χ1) is 9.60. The molecule has 0 saturated heterocycles. The lowest BCUT2D eigenvalue weighted by molar-refractivity contribution is -0.138. The van der Waals surface area contributed by atoms with Crippen molar-refractivity contribution >= 4 is 17.3 Å². The highest BCUT2D eigenvalue weighted by Crippen LogP contribution is 2.23. The first-order valence-corrected chi connectivity index (χ1v) is 7.30. The first kappa shape index (κ1) is 14.7. The fraction of sp³-hybridized carbons (Fsp3) is 0.462. The third kappa shape index (κ3) is 3.64. The number of carbonyl (C=O) groups is 1. The van der Waals surface area contributed by atoms with Crippen LogP contribution in [0.4, 0.5) is 0 Å². The van der Waals surface area contributed by atoms with E-state index >= 15 is 0 Å². The fourth-order valence-corrected chi connectivity index (χ4v) is 2.60. The minimum absolute atomic E-state index is 0.0745. The maximum atomic E-state index is 10.8. The van der Waals surface area contributed by atoms with Gasteiger partial charge in [0.1, 0.15) is 0 Å². The van der Waals surface area contributed by atoms with Crippen LogP contribution < -0.4 is 0 Å². The van der Waals surface area contributed by atoms with Crippen molar-refractivity contribution in [3.63, 3.8) is 0 Å². The second-order valence-electron chi connectivity index (χ2n) is 4.49. The predicted molar refractivity (Wildman–Crippen MR) is 75.4 cm³/mol. The second kappa shape index (κ2) is 6.62. The fourth-order valence-electron chi connectivity index (χ4n) is 1.95. The van der Waals surface area contributed by atoms with E-state index in [4.69, 9.17) is 9.52 Å². The van der Waals surface area contributed by atoms with Crippen LogP contribution in [0.5, 0.6) is 0 Å². The summed E-state index contributed by atoms with van der Waals surface area (Å²) in [5, 5.41) is 18.8. The minimum Gasteiger partial charge on any atom is -0.481 e. The van der Waals surface area contributed by atoms with Crippen molar-refractivity contribution in [2.45, 2.75) is 32.9 Å². The van der Waals surface area contributed by atoms with E-state index in [1.807, 2.05) is 36.3 Å². The zero-order valence-electron chi connectivity index (χ0n) is 11.4. The van der Waals surface area contributed by atoms with E-state index in [1.165, 1.54) is 0 Å². The summed E-state index contributed by atoms with van der Waals surface area (Å²) in [6.45, 7) is 5.05. The summed E-state index contributed by atoms with van der Waals surface area (Å²) in [7, 11) is 0. The van der Waals surface area contributed by atoms with E-state index in [2.05, 4.69) is 10.2 Å². The standard InChI is InChI=1S/C13H17N3O3S/c1-3-16(9(2)7-12(17)18)8-11-14-15-13(19-11)10-5-4-6-20-10/h4-6,9H,3,7-8H2,1-2H3,(H,17,18). The first-order valence-electron chi connectivity index (χ1n) is 6.42. The van der Waals surface area contributed by atoms with Crippen LogP contribution in [-0.4, -0.2) is 38.8 Å². The van der Waals surface area contributed by atoms with E-state index < -0.39 is 5.97 Å². The molecule has 1 atom stereocenters. The number of aromatic nitrogens is 2. The average molecular weight is 295 g/mol. The molecule has 0 radical (unpaired) electrons. The summed E-state index contributed by atoms with van der Waals surface area (Å²) in [5.41, 5.74) is 0. The summed E-state index contributed by atoms with van der Waals surface area (Å²) in [6.07, 6.45) is 0.0970. The van der Waals surface area contributed by atoms with Gasteiger partial charge in [0, 0.05) is 6.04 Å². The van der Waals surface area contributed by atoms with Crippen molar-refractivity contribution in [3.8, 4) is 10.8 Å². The Labute approximate surface area is 121 Å². The Morgan fingerprint density at radius 1 is 1.55 bits per heavy atom. The van der Waals surface area contributed by atoms with Gasteiger partial charge in [-0.15, -0.1) is 21.5 Å². The zero-order valence-corrected chi connectivity index (χ0v) is 12.3. The average Bonchev–Trinajstić information content (AvgIpc) is 3.05. The third-order valence-electron chi connectivity index (χ3n) is 3.04. The van der Waals surface area contributed by atoms with E-state index in [-0.39, 0.29) is 12.5 Å². The molecule has 2 aromatic rings. The SMILES string of the molecule is CCN(Cc1nnc(-c2cccs2)o1)C(C)CC(=O)O. The van der Waals surface area contributed by atoms with Crippen LogP contribution in [0.25, 0.3) is 10.8 Å². The Morgan fingerprint density at radius 3 is 2.95 bits per heavy atom. The van der Waals surface area contributed by atoms with Gasteiger partial charge in [-0.05, 0) is 24.9 Å². The molecule has 0 amide bonds. The van der Waals surface area contributed by atoms with Crippen molar-refractivity contribution < 1.29 is 14.3 Å². The van der Waals surface area contributed by atoms with E-state index in [1.54, 1.807) is 11.3 Å². The normalized spacial score (nSPS) is 12.8. The van der Waals surface area contributed by atoms with Gasteiger partial charge in [0.05, 0.1) is 17.8 Å². The predicted octanol–water partition coefficient (Wildman–Crippen LogP) is 2.48. The molecular formula is C13H17N3O3S. The number of hydrogen-bond donors (Lipinski definition) is 1. The van der Waals surface area contributed by atoms with E-state index in [9.17, 15) is 4.79 Å². The van der Waals surface area contributed by atoms with Crippen molar-refractivity contribution in [1.29, 1.82) is 0 Å². The summed E-state index contributed by atoms with van der Waals surface area (Å²) >= 11 is 1.54. The molecule has 6 nitrogen and oxygen atoms in total. The molecule has 1 unspecified atom stereocenters. The molecule has 0 aliphatic heterocycles. The lowest BCUT2D eigenvalue weighted by atomic mass is 10.2. The number of carboxylic acids is 1. The molecular weight excluding hydrogens is 278 g/mol. The highest BCUT2D eigenvalue weighted by atomic mass is 32.1. The van der Waals surface area contributed by atoms with Gasteiger partial charge in [-0.2, -0.15) is 0 Å². The van der Waals surface area contributed by atoms with Crippen molar-refractivity contribution in [3.05, 3.63) is 23.4 Å². The van der Waals surface area contributed by atoms with Crippen LogP contribution in [0.2, 0.25) is 0 Å². The van der Waals surface area contributed by atoms with Crippen LogP contribution in [0.1, 0.15) is 26.2 Å². The van der Waals surface area contributed by atoms with Gasteiger partial charge >= 0.3 is 5.97 Å². The molecule has 0 saturated carbocycles. The van der Waals surface area contributed by atoms with Crippen LogP contribution in [-0.2, 0) is 11.3 Å². The van der Waals surface area contributed by atoms with Crippen LogP contribution >= 0.6 is 11.3 Å². The number of nitrogens with zero attached hydrogens (tertiary/aromatic N) is 3. The molecule has 0 aromatic carbocycles. The van der Waals surface area contributed by atoms with Crippen molar-refractivity contribution in [2.75, 3.05) is 6.54 Å². The lowest BCUT2D eigenvalue weighted by Gasteiger charge is -2.24. The topological polar surface area (TPSA) is 79.5 Å². The van der Waals surface area contributed by atoms with Crippen molar-refractivity contribution in [1.82, 2.24) is 15.1 Å². The summed E-state index contributed by atoms with van der Waals surface area (Å²) < 4.78 is 5.61. The smallest absolute Gasteiger partial charge is 0.304 e. The highest BCUT2D eigenvalue weighted by Gasteiger charge is 2.18. The van der Waals surface area contributed by atoms with Crippen LogP contribution in [0.15, 0.2) is 21.9 Å². The molecule has 0 aliphatic carbocycles. The Morgan fingerprint density at radius 2 is 2.35 bits per heavy atom. The van der Waals surface area contributed by atoms with Gasteiger partial charge in [0.15, 0.2) is 0 Å². The molecule has 108 valence electrons. The molecule has 0 fully saturated rings. The van der Waals surface area contributed by atoms with Gasteiger partial charge in [-0.25, -0.2) is 0 Å². The Balaban J connectivity index is 2.03. The lowest BCUT2D eigenvalue weighted by Crippen LogP contribution is -2.34. The van der Waals surface area contributed by atoms with E-state index in [0.29, 0.717) is 18.3 Å². The molecule has 7 heteroatoms. The number of aliphatic carboxylic acids is 1. The van der Waals surface area contributed by atoms with Gasteiger partial charge in [0.2, 0.25) is 5.89 Å². The van der Waals surface area contributed by atoms with Crippen LogP contribution in [0, 0.1) is 0 Å². The molecule has 2 heterocycles. The third-order valence-corrected chi connectivity index (χ3v) is 3.89. The molecule has 2 rings (SSSR count). The van der Waals surface area contributed by atoms with Crippen molar-refractivity contribution in [2.24, 2.45) is 0 Å². The van der Waals surface area contributed by atoms with Gasteiger partial charge in [-0.3, -0.25) is 9.69 Å². The number of rotatable bonds is 7. The number of carboxylic acid groups (broad SMARTS) is 1. The Kier molecular flexibility index (Phi) is 4.86. The highest BCUT2D eigenvalue weighted by molar-refractivity contribution is 7.13. The monoisotopic (exact) mass is 295 g/mol. The molecule has 20 heavy (non-hydrogen) atoms. The van der Waals surface area contributed by atoms with Gasteiger partial charge in [-0.1, -0.05) is 13.0 Å². The summed E-state index contributed by atoms with van der Waals surface area (Å²) in [5.74, 6) is 0.213. The van der Waals surface area contributed by atoms with Gasteiger partial charge in [0.25, 0.3) is 5.89 Å². The second-order valence-corrected chi connectivity index (χ2v) is 5.44. The maximum Gasteiger partial charge on any atom is 0.304 e. The molecule has 0 spiro atoms. The largest absolute Gasteiger partial charge is 0.481 e. The molecule has 0 bridgehead atoms. The zero-order chi connectivity index (χ0) is 14.5. The summed E-state index contributed by atoms with van der Waals surface area (Å²) in [4.78, 5) is 13.7. The van der Waals surface area contributed by atoms with E-state index in [0.717, 1.165) is 11.4 Å². The quantitative estimate of drug-likeness (QED) is 0.845. The molecule has 2 aromatic heterocycles. The van der Waals surface area contributed by atoms with Crippen LogP contribution in [0.3, 0.4) is 0 Å². The minimum atomic E-state index is -0.805. The van der Waals surface area contributed by atoms with Gasteiger partial charge < -0.3 is 9.52 Å². The molecule has 1 N–H and O–H groups in total. The Hall–Kier alpha value is -1.73. The summed E-state index contributed by atoms with van der Waals surface area (Å²) in [6, 6.07) is 3.78. The Bertz CT molecular complexity index is 553. The molecule has 0 aliphatic rings. The number of thiophene rings is 1.